The summed E-state index contributed by atoms with van der Waals surface area (Å²) >= 11 is 5.60. The predicted octanol–water partition coefficient (Wildman–Crippen LogP) is 1.44. The van der Waals surface area contributed by atoms with Crippen molar-refractivity contribution in [3.63, 3.8) is 0 Å². The van der Waals surface area contributed by atoms with Gasteiger partial charge in [0.15, 0.2) is 0 Å². The molecule has 0 aromatic heterocycles. The lowest BCUT2D eigenvalue weighted by molar-refractivity contribution is 0.0949. The second kappa shape index (κ2) is 8.02. The first-order valence-electron chi connectivity index (χ1n) is 5.58. The number of ether oxygens (including phenoxy) is 1. The first-order chi connectivity index (χ1) is 8.65. The molecule has 100 valence electrons. The van der Waals surface area contributed by atoms with E-state index in [9.17, 15) is 9.18 Å². The summed E-state index contributed by atoms with van der Waals surface area (Å²) in [4.78, 5) is 11.6. The summed E-state index contributed by atoms with van der Waals surface area (Å²) in [5.74, 6) is -1.06. The molecular weight excluding hydrogens is 259 g/mol. The number of nitrogens with one attached hydrogen (secondary N) is 2. The second-order valence-corrected chi connectivity index (χ2v) is 4.06. The summed E-state index contributed by atoms with van der Waals surface area (Å²) in [6.45, 7) is 2.34. The largest absolute Gasteiger partial charge is 0.383 e. The Morgan fingerprint density at radius 1 is 1.39 bits per heavy atom. The molecular formula is C12H16ClFN2O2. The summed E-state index contributed by atoms with van der Waals surface area (Å²) in [6.07, 6.45) is 0. The van der Waals surface area contributed by atoms with Gasteiger partial charge in [-0.15, -0.1) is 0 Å². The molecule has 0 aliphatic rings. The predicted molar refractivity (Wildman–Crippen MR) is 68.5 cm³/mol. The lowest BCUT2D eigenvalue weighted by Crippen LogP contribution is -2.33. The molecule has 1 aromatic carbocycles. The van der Waals surface area contributed by atoms with Crippen molar-refractivity contribution < 1.29 is 13.9 Å². The smallest absolute Gasteiger partial charge is 0.254 e. The summed E-state index contributed by atoms with van der Waals surface area (Å²) in [5, 5.41) is 5.94. The van der Waals surface area contributed by atoms with Crippen LogP contribution in [-0.2, 0) is 4.74 Å². The van der Waals surface area contributed by atoms with Crippen molar-refractivity contribution in [2.45, 2.75) is 0 Å². The molecule has 0 fully saturated rings. The Balaban J connectivity index is 2.32. The van der Waals surface area contributed by atoms with Crippen LogP contribution in [0, 0.1) is 5.82 Å². The third kappa shape index (κ3) is 5.00. The zero-order valence-corrected chi connectivity index (χ0v) is 10.9. The third-order valence-corrected chi connectivity index (χ3v) is 2.48. The van der Waals surface area contributed by atoms with Crippen LogP contribution in [0.1, 0.15) is 10.4 Å². The van der Waals surface area contributed by atoms with E-state index in [-0.39, 0.29) is 10.6 Å². The molecule has 0 bridgehead atoms. The van der Waals surface area contributed by atoms with Gasteiger partial charge in [-0.25, -0.2) is 4.39 Å². The maximum Gasteiger partial charge on any atom is 0.254 e. The minimum Gasteiger partial charge on any atom is -0.383 e. The third-order valence-electron chi connectivity index (χ3n) is 2.25. The van der Waals surface area contributed by atoms with Crippen LogP contribution in [0.2, 0.25) is 5.02 Å². The molecule has 0 radical (unpaired) electrons. The lowest BCUT2D eigenvalue weighted by Gasteiger charge is -2.07. The summed E-state index contributed by atoms with van der Waals surface area (Å²) < 4.78 is 18.3. The molecule has 0 aliphatic heterocycles. The Morgan fingerprint density at radius 2 is 2.17 bits per heavy atom. The van der Waals surface area contributed by atoms with Gasteiger partial charge in [-0.2, -0.15) is 0 Å². The van der Waals surface area contributed by atoms with Gasteiger partial charge in [0.1, 0.15) is 5.82 Å². The number of benzene rings is 1. The summed E-state index contributed by atoms with van der Waals surface area (Å²) in [7, 11) is 1.62. The van der Waals surface area contributed by atoms with E-state index in [1.165, 1.54) is 12.1 Å². The van der Waals surface area contributed by atoms with Crippen LogP contribution in [0.4, 0.5) is 4.39 Å². The molecule has 6 heteroatoms. The SMILES string of the molecule is COCCNCCNC(=O)c1ccc(Cl)cc1F. The van der Waals surface area contributed by atoms with Gasteiger partial charge in [0.2, 0.25) is 0 Å². The van der Waals surface area contributed by atoms with E-state index in [4.69, 9.17) is 16.3 Å². The molecule has 2 N–H and O–H groups in total. The van der Waals surface area contributed by atoms with Crippen molar-refractivity contribution in [2.24, 2.45) is 0 Å². The second-order valence-electron chi connectivity index (χ2n) is 3.62. The van der Waals surface area contributed by atoms with Crippen molar-refractivity contribution in [1.82, 2.24) is 10.6 Å². The Hall–Kier alpha value is -1.17. The number of hydrogen-bond acceptors (Lipinski definition) is 3. The van der Waals surface area contributed by atoms with Crippen molar-refractivity contribution in [3.8, 4) is 0 Å². The fraction of sp³-hybridized carbons (Fsp3) is 0.417. The van der Waals surface area contributed by atoms with Gasteiger partial charge in [-0.1, -0.05) is 11.6 Å². The lowest BCUT2D eigenvalue weighted by atomic mass is 10.2. The topological polar surface area (TPSA) is 50.4 Å². The number of amides is 1. The van der Waals surface area contributed by atoms with Crippen LogP contribution >= 0.6 is 11.6 Å². The van der Waals surface area contributed by atoms with Crippen LogP contribution in [-0.4, -0.2) is 39.3 Å². The number of carbonyl (C=O) groups excluding carboxylic acids is 1. The van der Waals surface area contributed by atoms with Gasteiger partial charge >= 0.3 is 0 Å². The zero-order chi connectivity index (χ0) is 13.4. The fourth-order valence-corrected chi connectivity index (χ4v) is 1.49. The molecule has 0 saturated heterocycles. The molecule has 1 amide bonds. The van der Waals surface area contributed by atoms with Crippen LogP contribution in [0.5, 0.6) is 0 Å². The minimum absolute atomic E-state index is 0.00343. The maximum absolute atomic E-state index is 13.4. The zero-order valence-electron chi connectivity index (χ0n) is 10.1. The summed E-state index contributed by atoms with van der Waals surface area (Å²) in [5.41, 5.74) is -0.00343. The fourth-order valence-electron chi connectivity index (χ4n) is 1.33. The summed E-state index contributed by atoms with van der Waals surface area (Å²) in [6, 6.07) is 3.97. The molecule has 0 atom stereocenters. The first kappa shape index (κ1) is 14.9. The van der Waals surface area contributed by atoms with Crippen molar-refractivity contribution >= 4 is 17.5 Å². The van der Waals surface area contributed by atoms with Crippen LogP contribution in [0.3, 0.4) is 0 Å². The highest BCUT2D eigenvalue weighted by atomic mass is 35.5. The normalized spacial score (nSPS) is 10.4. The van der Waals surface area contributed by atoms with Crippen molar-refractivity contribution in [1.29, 1.82) is 0 Å². The van der Waals surface area contributed by atoms with E-state index in [1.54, 1.807) is 7.11 Å². The van der Waals surface area contributed by atoms with Crippen molar-refractivity contribution in [3.05, 3.63) is 34.6 Å². The van der Waals surface area contributed by atoms with E-state index in [1.807, 2.05) is 0 Å². The van der Waals surface area contributed by atoms with Gasteiger partial charge in [-0.3, -0.25) is 4.79 Å². The van der Waals surface area contributed by atoms with Gasteiger partial charge in [0.05, 0.1) is 12.2 Å². The molecule has 4 nitrogen and oxygen atoms in total. The van der Waals surface area contributed by atoms with Crippen LogP contribution in [0.25, 0.3) is 0 Å². The molecule has 0 unspecified atom stereocenters. The molecule has 18 heavy (non-hydrogen) atoms. The Bertz CT molecular complexity index is 402. The van der Waals surface area contributed by atoms with Gasteiger partial charge in [-0.05, 0) is 18.2 Å². The average molecular weight is 275 g/mol. The number of halogens is 2. The number of carbonyl (C=O) groups is 1. The molecule has 1 aromatic rings. The van der Waals surface area contributed by atoms with Crippen molar-refractivity contribution in [2.75, 3.05) is 33.4 Å². The Kier molecular flexibility index (Phi) is 6.64. The molecule has 0 aliphatic carbocycles. The number of hydrogen-bond donors (Lipinski definition) is 2. The van der Waals surface area contributed by atoms with Gasteiger partial charge in [0, 0.05) is 31.8 Å². The molecule has 0 spiro atoms. The highest BCUT2D eigenvalue weighted by Crippen LogP contribution is 2.14. The van der Waals surface area contributed by atoms with E-state index < -0.39 is 11.7 Å². The number of rotatable bonds is 7. The van der Waals surface area contributed by atoms with Crippen LogP contribution in [0.15, 0.2) is 18.2 Å². The van der Waals surface area contributed by atoms with E-state index in [0.717, 1.165) is 6.07 Å². The van der Waals surface area contributed by atoms with Gasteiger partial charge < -0.3 is 15.4 Å². The van der Waals surface area contributed by atoms with E-state index in [0.29, 0.717) is 26.2 Å². The highest BCUT2D eigenvalue weighted by Gasteiger charge is 2.10. The monoisotopic (exact) mass is 274 g/mol. The number of methoxy groups -OCH3 is 1. The molecule has 0 heterocycles. The average Bonchev–Trinajstić information content (AvgIpc) is 2.33. The Labute approximate surface area is 110 Å². The first-order valence-corrected chi connectivity index (χ1v) is 5.96. The Morgan fingerprint density at radius 3 is 2.83 bits per heavy atom. The highest BCUT2D eigenvalue weighted by molar-refractivity contribution is 6.30. The quantitative estimate of drug-likeness (QED) is 0.740. The van der Waals surface area contributed by atoms with E-state index >= 15 is 0 Å². The van der Waals surface area contributed by atoms with Crippen LogP contribution < -0.4 is 10.6 Å². The minimum atomic E-state index is -0.618. The molecule has 0 saturated carbocycles. The standard InChI is InChI=1S/C12H16ClFN2O2/c1-18-7-6-15-4-5-16-12(17)10-3-2-9(13)8-11(10)14/h2-3,8,15H,4-7H2,1H3,(H,16,17). The van der Waals surface area contributed by atoms with E-state index in [2.05, 4.69) is 10.6 Å². The molecule has 1 rings (SSSR count). The van der Waals surface area contributed by atoms with Gasteiger partial charge in [0.25, 0.3) is 5.91 Å². The maximum atomic E-state index is 13.4.